The van der Waals surface area contributed by atoms with Gasteiger partial charge in [-0.2, -0.15) is 0 Å². The summed E-state index contributed by atoms with van der Waals surface area (Å²) in [6.45, 7) is 2.07. The van der Waals surface area contributed by atoms with Gasteiger partial charge in [0.2, 0.25) is 0 Å². The van der Waals surface area contributed by atoms with Crippen LogP contribution in [0.15, 0.2) is 39.7 Å². The lowest BCUT2D eigenvalue weighted by Crippen LogP contribution is -2.11. The third kappa shape index (κ3) is 4.61. The Labute approximate surface area is 129 Å². The number of halogens is 1. The molecule has 1 heterocycles. The zero-order chi connectivity index (χ0) is 13.7. The van der Waals surface area contributed by atoms with Gasteiger partial charge in [-0.1, -0.05) is 13.0 Å². The Bertz CT molecular complexity index is 581. The summed E-state index contributed by atoms with van der Waals surface area (Å²) in [5, 5.41) is 0. The summed E-state index contributed by atoms with van der Waals surface area (Å²) in [6, 6.07) is 7.94. The first-order valence-corrected chi connectivity index (χ1v) is 8.01. The fourth-order valence-electron chi connectivity index (χ4n) is 1.49. The maximum atomic E-state index is 10.9. The lowest BCUT2D eigenvalue weighted by molar-refractivity contribution is 0.283. The molecule has 0 bridgehead atoms. The van der Waals surface area contributed by atoms with Crippen LogP contribution in [0.1, 0.15) is 19.1 Å². The predicted octanol–water partition coefficient (Wildman–Crippen LogP) is 3.62. The van der Waals surface area contributed by atoms with Gasteiger partial charge < -0.3 is 9.15 Å². The third-order valence-electron chi connectivity index (χ3n) is 2.38. The Morgan fingerprint density at radius 1 is 1.53 bits per heavy atom. The highest BCUT2D eigenvalue weighted by Gasteiger charge is 2.11. The van der Waals surface area contributed by atoms with Crippen molar-refractivity contribution in [2.45, 2.75) is 24.5 Å². The van der Waals surface area contributed by atoms with Crippen molar-refractivity contribution in [3.8, 4) is 5.75 Å². The van der Waals surface area contributed by atoms with Crippen molar-refractivity contribution in [3.63, 3.8) is 0 Å². The molecule has 1 aromatic heterocycles. The van der Waals surface area contributed by atoms with Crippen molar-refractivity contribution < 1.29 is 9.15 Å². The van der Waals surface area contributed by atoms with E-state index in [1.54, 1.807) is 18.0 Å². The molecule has 0 saturated heterocycles. The largest absolute Gasteiger partial charge is 0.480 e. The van der Waals surface area contributed by atoms with E-state index in [-0.39, 0.29) is 5.44 Å². The van der Waals surface area contributed by atoms with E-state index in [4.69, 9.17) is 9.15 Å². The number of rotatable bonds is 6. The van der Waals surface area contributed by atoms with Gasteiger partial charge in [0, 0.05) is 9.77 Å². The fraction of sp³-hybridized carbons (Fsp3) is 0.308. The molecule has 0 aliphatic heterocycles. The topological polar surface area (TPSA) is 55.2 Å². The van der Waals surface area contributed by atoms with Crippen LogP contribution in [-0.4, -0.2) is 10.4 Å². The number of hydrogen-bond donors (Lipinski definition) is 1. The minimum absolute atomic E-state index is 0.0402. The van der Waals surface area contributed by atoms with Crippen LogP contribution in [-0.2, 0) is 5.75 Å². The van der Waals surface area contributed by atoms with E-state index in [1.165, 1.54) is 0 Å². The van der Waals surface area contributed by atoms with E-state index in [0.717, 1.165) is 15.7 Å². The number of oxazole rings is 1. The Hall–Kier alpha value is -0.890. The summed E-state index contributed by atoms with van der Waals surface area (Å²) in [6.07, 6.45) is 2.47. The van der Waals surface area contributed by atoms with E-state index in [2.05, 4.69) is 34.5 Å². The monoisotopic (exact) mass is 391 g/mol. The van der Waals surface area contributed by atoms with Crippen molar-refractivity contribution in [1.29, 1.82) is 0 Å². The maximum absolute atomic E-state index is 10.9. The molecule has 0 radical (unpaired) electrons. The Kier molecular flexibility index (Phi) is 5.38. The quantitative estimate of drug-likeness (QED) is 0.604. The van der Waals surface area contributed by atoms with Crippen LogP contribution in [0, 0.1) is 3.57 Å². The first-order chi connectivity index (χ1) is 9.17. The summed E-state index contributed by atoms with van der Waals surface area (Å²) in [5.74, 6) is 1.70. The minimum Gasteiger partial charge on any atom is -0.480 e. The molecule has 1 unspecified atom stereocenters. The van der Waals surface area contributed by atoms with Crippen LogP contribution in [0.4, 0.5) is 0 Å². The number of H-pyrrole nitrogens is 1. The SMILES string of the molecule is CCC(Oc1cccc(I)c1)SCc1c[nH]c(=O)o1. The van der Waals surface area contributed by atoms with Crippen LogP contribution >= 0.6 is 34.4 Å². The fourth-order valence-corrected chi connectivity index (χ4v) is 2.91. The molecule has 4 nitrogen and oxygen atoms in total. The number of aromatic nitrogens is 1. The molecule has 0 spiro atoms. The Balaban J connectivity index is 1.91. The molecule has 0 amide bonds. The van der Waals surface area contributed by atoms with Gasteiger partial charge >= 0.3 is 5.76 Å². The minimum atomic E-state index is -0.415. The van der Waals surface area contributed by atoms with Crippen LogP contribution in [0.2, 0.25) is 0 Å². The molecule has 19 heavy (non-hydrogen) atoms. The molecular weight excluding hydrogens is 377 g/mol. The number of benzene rings is 1. The van der Waals surface area contributed by atoms with Gasteiger partial charge in [0.25, 0.3) is 0 Å². The van der Waals surface area contributed by atoms with Crippen molar-refractivity contribution in [3.05, 3.63) is 50.3 Å². The summed E-state index contributed by atoms with van der Waals surface area (Å²) < 4.78 is 12.0. The van der Waals surface area contributed by atoms with Crippen LogP contribution in [0.5, 0.6) is 5.75 Å². The lowest BCUT2D eigenvalue weighted by atomic mass is 10.3. The van der Waals surface area contributed by atoms with Gasteiger partial charge in [-0.15, -0.1) is 11.8 Å². The average Bonchev–Trinajstić information content (AvgIpc) is 2.80. The number of ether oxygens (including phenoxy) is 1. The summed E-state index contributed by atoms with van der Waals surface area (Å²) in [5.41, 5.74) is 0.0402. The molecule has 1 atom stereocenters. The second kappa shape index (κ2) is 7.04. The van der Waals surface area contributed by atoms with E-state index >= 15 is 0 Å². The molecular formula is C13H14INO3S. The highest BCUT2D eigenvalue weighted by atomic mass is 127. The average molecular weight is 391 g/mol. The zero-order valence-electron chi connectivity index (χ0n) is 10.4. The number of thioether (sulfide) groups is 1. The first kappa shape index (κ1) is 14.5. The van der Waals surface area contributed by atoms with E-state index in [0.29, 0.717) is 11.5 Å². The van der Waals surface area contributed by atoms with E-state index in [9.17, 15) is 4.79 Å². The number of nitrogens with one attached hydrogen (secondary N) is 1. The van der Waals surface area contributed by atoms with Gasteiger partial charge in [0.1, 0.15) is 16.9 Å². The van der Waals surface area contributed by atoms with Gasteiger partial charge in [0.15, 0.2) is 0 Å². The highest BCUT2D eigenvalue weighted by molar-refractivity contribution is 14.1. The Morgan fingerprint density at radius 2 is 2.37 bits per heavy atom. The Morgan fingerprint density at radius 3 is 3.00 bits per heavy atom. The molecule has 0 aliphatic carbocycles. The third-order valence-corrected chi connectivity index (χ3v) is 4.31. The van der Waals surface area contributed by atoms with Crippen molar-refractivity contribution in [2.24, 2.45) is 0 Å². The lowest BCUT2D eigenvalue weighted by Gasteiger charge is -2.16. The first-order valence-electron chi connectivity index (χ1n) is 5.88. The molecule has 0 fully saturated rings. The summed E-state index contributed by atoms with van der Waals surface area (Å²) in [7, 11) is 0. The normalized spacial score (nSPS) is 12.3. The van der Waals surface area contributed by atoms with Gasteiger partial charge in [-0.25, -0.2) is 4.79 Å². The second-order valence-electron chi connectivity index (χ2n) is 3.87. The van der Waals surface area contributed by atoms with Crippen LogP contribution in [0.25, 0.3) is 0 Å². The molecule has 2 rings (SSSR count). The molecule has 2 aromatic rings. The molecule has 1 N–H and O–H groups in total. The number of aromatic amines is 1. The van der Waals surface area contributed by atoms with E-state index < -0.39 is 5.76 Å². The van der Waals surface area contributed by atoms with Crippen molar-refractivity contribution in [2.75, 3.05) is 0 Å². The molecule has 1 aromatic carbocycles. The second-order valence-corrected chi connectivity index (χ2v) is 6.26. The van der Waals surface area contributed by atoms with Gasteiger partial charge in [0.05, 0.1) is 5.75 Å². The molecule has 0 saturated carbocycles. The summed E-state index contributed by atoms with van der Waals surface area (Å²) >= 11 is 3.87. The smallest absolute Gasteiger partial charge is 0.416 e. The zero-order valence-corrected chi connectivity index (χ0v) is 13.4. The molecule has 6 heteroatoms. The highest BCUT2D eigenvalue weighted by Crippen LogP contribution is 2.24. The summed E-state index contributed by atoms with van der Waals surface area (Å²) in [4.78, 5) is 13.4. The number of hydrogen-bond acceptors (Lipinski definition) is 4. The molecule has 102 valence electrons. The van der Waals surface area contributed by atoms with Crippen LogP contribution in [0.3, 0.4) is 0 Å². The maximum Gasteiger partial charge on any atom is 0.416 e. The van der Waals surface area contributed by atoms with Gasteiger partial charge in [-0.3, -0.25) is 4.98 Å². The van der Waals surface area contributed by atoms with Gasteiger partial charge in [-0.05, 0) is 47.2 Å². The van der Waals surface area contributed by atoms with Crippen LogP contribution < -0.4 is 10.5 Å². The predicted molar refractivity (Wildman–Crippen MR) is 84.5 cm³/mol. The molecule has 0 aliphatic rings. The van der Waals surface area contributed by atoms with Crippen molar-refractivity contribution in [1.82, 2.24) is 4.98 Å². The standard InChI is InChI=1S/C13H14INO3S/c1-2-12(17-10-5-3-4-9(14)6-10)19-8-11-7-15-13(16)18-11/h3-7,12H,2,8H2,1H3,(H,15,16). The van der Waals surface area contributed by atoms with E-state index in [1.807, 2.05) is 24.3 Å². The van der Waals surface area contributed by atoms with Crippen molar-refractivity contribution >= 4 is 34.4 Å².